The van der Waals surface area contributed by atoms with Crippen molar-refractivity contribution < 1.29 is 19.5 Å². The van der Waals surface area contributed by atoms with E-state index in [2.05, 4.69) is 20.9 Å². The summed E-state index contributed by atoms with van der Waals surface area (Å²) in [6, 6.07) is 1.47. The highest BCUT2D eigenvalue weighted by Crippen LogP contribution is 2.23. The number of aromatic nitrogens is 1. The summed E-state index contributed by atoms with van der Waals surface area (Å²) >= 11 is 3.20. The molecule has 0 aliphatic carbocycles. The highest BCUT2D eigenvalue weighted by atomic mass is 79.9. The molecule has 116 valence electrons. The van der Waals surface area contributed by atoms with Gasteiger partial charge in [0, 0.05) is 24.8 Å². The van der Waals surface area contributed by atoms with Crippen LogP contribution < -0.4 is 4.90 Å². The van der Waals surface area contributed by atoms with Gasteiger partial charge in [0.15, 0.2) is 5.82 Å². The van der Waals surface area contributed by atoms with E-state index in [0.717, 1.165) is 4.90 Å². The first-order chi connectivity index (χ1) is 9.53. The first kappa shape index (κ1) is 17.4. The fourth-order valence-electron chi connectivity index (χ4n) is 1.45. The Morgan fingerprint density at radius 3 is 2.38 bits per heavy atom. The number of halogens is 1. The second-order valence-electron chi connectivity index (χ2n) is 5.39. The number of pyridine rings is 1. The predicted molar refractivity (Wildman–Crippen MR) is 80.5 cm³/mol. The lowest BCUT2D eigenvalue weighted by atomic mass is 10.2. The van der Waals surface area contributed by atoms with Crippen molar-refractivity contribution in [2.24, 2.45) is 0 Å². The Kier molecular flexibility index (Phi) is 5.30. The molecule has 8 heteroatoms. The number of hydroxylamine groups is 2. The predicted octanol–water partition coefficient (Wildman–Crippen LogP) is 2.68. The molecule has 1 rings (SSSR count). The number of amides is 2. The van der Waals surface area contributed by atoms with Gasteiger partial charge in [0.2, 0.25) is 0 Å². The molecule has 0 radical (unpaired) electrons. The highest BCUT2D eigenvalue weighted by molar-refractivity contribution is 9.10. The van der Waals surface area contributed by atoms with Gasteiger partial charge in [0.05, 0.1) is 5.56 Å². The maximum Gasteiger partial charge on any atom is 0.415 e. The topological polar surface area (TPSA) is 83.0 Å². The molecule has 0 atom stereocenters. The number of carbonyl (C=O) groups excluding carboxylic acids is 2. The average molecular weight is 360 g/mol. The first-order valence-electron chi connectivity index (χ1n) is 6.12. The lowest BCUT2D eigenvalue weighted by molar-refractivity contribution is -0.0374. The molecule has 1 N–H and O–H groups in total. The van der Waals surface area contributed by atoms with Gasteiger partial charge in [-0.1, -0.05) is 0 Å². The molecule has 1 aromatic rings. The minimum Gasteiger partial charge on any atom is -0.443 e. The molecule has 0 aliphatic rings. The molecule has 0 aliphatic heterocycles. The summed E-state index contributed by atoms with van der Waals surface area (Å²) in [5.41, 5.74) is -0.596. The molecule has 7 nitrogen and oxygen atoms in total. The molecule has 0 unspecified atom stereocenters. The van der Waals surface area contributed by atoms with Crippen LogP contribution in [-0.2, 0) is 4.74 Å². The van der Waals surface area contributed by atoms with Gasteiger partial charge >= 0.3 is 6.09 Å². The number of hydrogen-bond acceptors (Lipinski definition) is 5. The minimum absolute atomic E-state index is 0.0720. The first-order valence-corrected chi connectivity index (χ1v) is 6.91. The third kappa shape index (κ3) is 4.68. The summed E-state index contributed by atoms with van der Waals surface area (Å²) in [6.07, 6.45) is 0.802. The molecule has 0 bridgehead atoms. The summed E-state index contributed by atoms with van der Waals surface area (Å²) in [7, 11) is 2.64. The van der Waals surface area contributed by atoms with Crippen molar-refractivity contribution in [3.63, 3.8) is 0 Å². The Morgan fingerprint density at radius 1 is 1.33 bits per heavy atom. The maximum atomic E-state index is 12.1. The van der Waals surface area contributed by atoms with E-state index >= 15 is 0 Å². The Hall–Kier alpha value is -1.67. The Bertz CT molecular complexity index is 555. The van der Waals surface area contributed by atoms with Crippen molar-refractivity contribution in [1.82, 2.24) is 10.0 Å². The van der Waals surface area contributed by atoms with Crippen LogP contribution in [0.15, 0.2) is 16.7 Å². The largest absolute Gasteiger partial charge is 0.443 e. The van der Waals surface area contributed by atoms with E-state index < -0.39 is 17.6 Å². The number of rotatable bonds is 2. The third-order valence-electron chi connectivity index (χ3n) is 2.34. The van der Waals surface area contributed by atoms with Crippen LogP contribution in [0.4, 0.5) is 10.6 Å². The van der Waals surface area contributed by atoms with E-state index in [1.165, 1.54) is 26.4 Å². The van der Waals surface area contributed by atoms with E-state index in [4.69, 9.17) is 4.74 Å². The van der Waals surface area contributed by atoms with Crippen LogP contribution in [0.25, 0.3) is 0 Å². The summed E-state index contributed by atoms with van der Waals surface area (Å²) in [6.45, 7) is 5.21. The van der Waals surface area contributed by atoms with Gasteiger partial charge in [-0.25, -0.2) is 14.8 Å². The van der Waals surface area contributed by atoms with Crippen molar-refractivity contribution >= 4 is 33.7 Å². The second kappa shape index (κ2) is 6.40. The van der Waals surface area contributed by atoms with E-state index in [1.807, 2.05) is 0 Å². The van der Waals surface area contributed by atoms with Crippen molar-refractivity contribution in [2.75, 3.05) is 19.0 Å². The Labute approximate surface area is 131 Å². The highest BCUT2D eigenvalue weighted by Gasteiger charge is 2.26. The van der Waals surface area contributed by atoms with Crippen LogP contribution in [0.3, 0.4) is 0 Å². The van der Waals surface area contributed by atoms with Crippen molar-refractivity contribution in [1.29, 1.82) is 0 Å². The summed E-state index contributed by atoms with van der Waals surface area (Å²) in [5.74, 6) is -0.590. The van der Waals surface area contributed by atoms with E-state index in [0.29, 0.717) is 9.54 Å². The quantitative estimate of drug-likeness (QED) is 0.648. The second-order valence-corrected chi connectivity index (χ2v) is 6.31. The van der Waals surface area contributed by atoms with Crippen molar-refractivity contribution in [2.45, 2.75) is 26.4 Å². The van der Waals surface area contributed by atoms with Gasteiger partial charge in [-0.2, -0.15) is 0 Å². The molecule has 0 spiro atoms. The van der Waals surface area contributed by atoms with Crippen molar-refractivity contribution in [3.8, 4) is 0 Å². The lowest BCUT2D eigenvalue weighted by Crippen LogP contribution is -2.36. The molecular weight excluding hydrogens is 342 g/mol. The molecule has 1 heterocycles. The molecule has 0 saturated carbocycles. The van der Waals surface area contributed by atoms with E-state index in [1.54, 1.807) is 20.8 Å². The van der Waals surface area contributed by atoms with Crippen molar-refractivity contribution in [3.05, 3.63) is 22.3 Å². The summed E-state index contributed by atoms with van der Waals surface area (Å²) in [4.78, 5) is 29.2. The van der Waals surface area contributed by atoms with Crippen LogP contribution in [0, 0.1) is 0 Å². The van der Waals surface area contributed by atoms with Gasteiger partial charge < -0.3 is 4.74 Å². The zero-order chi connectivity index (χ0) is 16.4. The van der Waals surface area contributed by atoms with E-state index in [-0.39, 0.29) is 11.4 Å². The number of anilines is 1. The van der Waals surface area contributed by atoms with Gasteiger partial charge in [0.25, 0.3) is 5.91 Å². The Balaban J connectivity index is 3.18. The van der Waals surface area contributed by atoms with Crippen LogP contribution in [-0.4, -0.2) is 47.0 Å². The van der Waals surface area contributed by atoms with Crippen LogP contribution in [0.2, 0.25) is 0 Å². The van der Waals surface area contributed by atoms with Crippen LogP contribution in [0.1, 0.15) is 31.1 Å². The molecular formula is C13H18BrN3O4. The fourth-order valence-corrected chi connectivity index (χ4v) is 1.78. The number of hydrogen-bond donors (Lipinski definition) is 1. The molecule has 0 aromatic carbocycles. The zero-order valence-electron chi connectivity index (χ0n) is 12.5. The molecule has 0 saturated heterocycles. The summed E-state index contributed by atoms with van der Waals surface area (Å²) in [5, 5.41) is 9.73. The maximum absolute atomic E-state index is 12.1. The average Bonchev–Trinajstić information content (AvgIpc) is 2.34. The molecule has 21 heavy (non-hydrogen) atoms. The van der Waals surface area contributed by atoms with Crippen LogP contribution >= 0.6 is 15.9 Å². The number of nitrogens with zero attached hydrogens (tertiary/aromatic N) is 3. The molecule has 2 amide bonds. The number of ether oxygens (including phenoxy) is 1. The number of carbonyl (C=O) groups is 2. The summed E-state index contributed by atoms with van der Waals surface area (Å²) < 4.78 is 5.78. The zero-order valence-corrected chi connectivity index (χ0v) is 14.1. The standard InChI is InChI=1S/C13H18BrN3O4/c1-13(2,3)21-12(19)16(4)10-9(11(18)17(5)20)6-8(14)7-15-10/h6-7,20H,1-5H3. The minimum atomic E-state index is -0.686. The van der Waals surface area contributed by atoms with Crippen LogP contribution in [0.5, 0.6) is 0 Å². The van der Waals surface area contributed by atoms with Gasteiger partial charge in [0.1, 0.15) is 5.60 Å². The Morgan fingerprint density at radius 2 is 1.90 bits per heavy atom. The van der Waals surface area contributed by atoms with Gasteiger partial charge in [-0.3, -0.25) is 14.9 Å². The fraction of sp³-hybridized carbons (Fsp3) is 0.462. The SMILES string of the molecule is CN(O)C(=O)c1cc(Br)cnc1N(C)C(=O)OC(C)(C)C. The monoisotopic (exact) mass is 359 g/mol. The molecule has 0 fully saturated rings. The van der Waals surface area contributed by atoms with E-state index in [9.17, 15) is 14.8 Å². The lowest BCUT2D eigenvalue weighted by Gasteiger charge is -2.25. The third-order valence-corrected chi connectivity index (χ3v) is 2.78. The smallest absolute Gasteiger partial charge is 0.415 e. The normalized spacial score (nSPS) is 11.0. The van der Waals surface area contributed by atoms with Gasteiger partial charge in [-0.05, 0) is 42.8 Å². The van der Waals surface area contributed by atoms with Gasteiger partial charge in [-0.15, -0.1) is 0 Å². The molecule has 1 aromatic heterocycles.